The highest BCUT2D eigenvalue weighted by Crippen LogP contribution is 2.46. The first-order chi connectivity index (χ1) is 31.7. The summed E-state index contributed by atoms with van der Waals surface area (Å²) in [6.07, 6.45) is 0. The summed E-state index contributed by atoms with van der Waals surface area (Å²) in [5, 5.41) is 7.06. The van der Waals surface area contributed by atoms with Gasteiger partial charge in [-0.25, -0.2) is 0 Å². The first-order valence-electron chi connectivity index (χ1n) is 21.9. The van der Waals surface area contributed by atoms with Gasteiger partial charge < -0.3 is 9.32 Å². The van der Waals surface area contributed by atoms with Gasteiger partial charge in [0, 0.05) is 38.8 Å². The number of fused-ring (bicyclic) bond motifs is 8. The number of benzene rings is 11. The van der Waals surface area contributed by atoms with Crippen molar-refractivity contribution in [2.24, 2.45) is 0 Å². The van der Waals surface area contributed by atoms with Gasteiger partial charge in [-0.3, -0.25) is 0 Å². The van der Waals surface area contributed by atoms with Crippen LogP contribution in [0.4, 0.5) is 17.1 Å². The van der Waals surface area contributed by atoms with Crippen molar-refractivity contribution >= 4 is 60.5 Å². The number of anilines is 3. The van der Waals surface area contributed by atoms with Gasteiger partial charge in [0.05, 0.1) is 0 Å². The summed E-state index contributed by atoms with van der Waals surface area (Å²) >= 11 is 0. The maximum Gasteiger partial charge on any atom is 0.143 e. The van der Waals surface area contributed by atoms with Crippen molar-refractivity contribution < 1.29 is 4.42 Å². The number of hydrogen-bond acceptors (Lipinski definition) is 2. The maximum atomic E-state index is 7.03. The van der Waals surface area contributed by atoms with E-state index in [1.807, 2.05) is 0 Å². The third kappa shape index (κ3) is 6.61. The molecule has 0 spiro atoms. The topological polar surface area (TPSA) is 16.4 Å². The van der Waals surface area contributed by atoms with Gasteiger partial charge in [-0.1, -0.05) is 200 Å². The van der Waals surface area contributed by atoms with Crippen molar-refractivity contribution in [2.75, 3.05) is 4.90 Å². The zero-order valence-electron chi connectivity index (χ0n) is 35.0. The zero-order valence-corrected chi connectivity index (χ0v) is 35.0. The third-order valence-electron chi connectivity index (χ3n) is 12.7. The molecule has 2 nitrogen and oxygen atoms in total. The van der Waals surface area contributed by atoms with Crippen molar-refractivity contribution in [3.8, 4) is 55.6 Å². The first-order valence-corrected chi connectivity index (χ1v) is 21.9. The van der Waals surface area contributed by atoms with E-state index < -0.39 is 0 Å². The predicted octanol–water partition coefficient (Wildman–Crippen LogP) is 17.7. The molecule has 0 atom stereocenters. The van der Waals surface area contributed by atoms with Crippen molar-refractivity contribution in [3.05, 3.63) is 249 Å². The molecule has 0 saturated carbocycles. The Bertz CT molecular complexity index is 3510. The fourth-order valence-corrected chi connectivity index (χ4v) is 9.48. The predicted molar refractivity (Wildman–Crippen MR) is 271 cm³/mol. The summed E-state index contributed by atoms with van der Waals surface area (Å²) in [6, 6.07) is 89.3. The molecule has 64 heavy (non-hydrogen) atoms. The van der Waals surface area contributed by atoms with E-state index in [9.17, 15) is 0 Å². The molecule has 1 aromatic heterocycles. The van der Waals surface area contributed by atoms with Gasteiger partial charge in [-0.05, 0) is 115 Å². The van der Waals surface area contributed by atoms with E-state index >= 15 is 0 Å². The molecule has 2 heteroatoms. The van der Waals surface area contributed by atoms with E-state index in [0.717, 1.165) is 72.2 Å². The van der Waals surface area contributed by atoms with Gasteiger partial charge in [0.1, 0.15) is 11.2 Å². The lowest BCUT2D eigenvalue weighted by atomic mass is 9.92. The number of nitrogens with zero attached hydrogens (tertiary/aromatic N) is 1. The zero-order chi connectivity index (χ0) is 42.4. The van der Waals surface area contributed by atoms with Gasteiger partial charge in [0.15, 0.2) is 0 Å². The minimum Gasteiger partial charge on any atom is -0.455 e. The van der Waals surface area contributed by atoms with E-state index in [2.05, 4.69) is 254 Å². The molecule has 0 saturated heterocycles. The van der Waals surface area contributed by atoms with E-state index in [4.69, 9.17) is 4.42 Å². The lowest BCUT2D eigenvalue weighted by Crippen LogP contribution is -2.09. The van der Waals surface area contributed by atoms with Crippen LogP contribution in [0.25, 0.3) is 99.1 Å². The Morgan fingerprint density at radius 2 is 0.578 bits per heavy atom. The highest BCUT2D eigenvalue weighted by molar-refractivity contribution is 6.31. The molecule has 0 aliphatic rings. The average Bonchev–Trinajstić information content (AvgIpc) is 3.78. The van der Waals surface area contributed by atoms with Gasteiger partial charge in [-0.15, -0.1) is 0 Å². The van der Waals surface area contributed by atoms with Crippen LogP contribution in [-0.4, -0.2) is 0 Å². The normalized spacial score (nSPS) is 11.4. The standard InChI is InChI=1S/C62H41NO/c1-4-14-42(15-5-1)46-28-34-51(35-29-46)63(52-36-30-47(31-37-52)43-16-6-2-7-17-43)53-38-32-48(33-39-53)45-24-26-49(27-25-45)58-40-50(44-18-8-3-9-19-44)41-59-60-56-22-12-10-20-54(56)55-21-11-13-23-57(55)62(60)64-61(58)59/h1-41H. The van der Waals surface area contributed by atoms with Crippen LogP contribution >= 0.6 is 0 Å². The van der Waals surface area contributed by atoms with E-state index in [1.165, 1.54) is 44.0 Å². The van der Waals surface area contributed by atoms with Crippen LogP contribution in [0.3, 0.4) is 0 Å². The lowest BCUT2D eigenvalue weighted by Gasteiger charge is -2.26. The van der Waals surface area contributed by atoms with Crippen LogP contribution in [0.15, 0.2) is 253 Å². The van der Waals surface area contributed by atoms with Crippen LogP contribution in [0.5, 0.6) is 0 Å². The summed E-state index contributed by atoms with van der Waals surface area (Å²) in [5.74, 6) is 0. The molecular weight excluding hydrogens is 775 g/mol. The second-order valence-corrected chi connectivity index (χ2v) is 16.4. The second kappa shape index (κ2) is 15.8. The van der Waals surface area contributed by atoms with E-state index in [0.29, 0.717) is 0 Å². The van der Waals surface area contributed by atoms with Crippen LogP contribution in [0, 0.1) is 0 Å². The molecule has 0 bridgehead atoms. The molecule has 300 valence electrons. The summed E-state index contributed by atoms with van der Waals surface area (Å²) in [5.41, 5.74) is 16.7. The highest BCUT2D eigenvalue weighted by Gasteiger charge is 2.20. The molecule has 12 rings (SSSR count). The molecule has 0 aliphatic heterocycles. The highest BCUT2D eigenvalue weighted by atomic mass is 16.3. The molecular formula is C62H41NO. The van der Waals surface area contributed by atoms with Gasteiger partial charge in [0.25, 0.3) is 0 Å². The molecule has 11 aromatic carbocycles. The Morgan fingerprint density at radius 3 is 1.05 bits per heavy atom. The summed E-state index contributed by atoms with van der Waals surface area (Å²) < 4.78 is 7.03. The number of furan rings is 1. The van der Waals surface area contributed by atoms with Crippen LogP contribution in [0.2, 0.25) is 0 Å². The SMILES string of the molecule is c1ccc(-c2ccc(N(c3ccc(-c4ccccc4)cc3)c3ccc(-c4ccc(-c5cc(-c6ccccc6)cc6c5oc5c7ccccc7c7ccccc7c65)cc4)cc3)cc2)cc1. The molecule has 0 radical (unpaired) electrons. The van der Waals surface area contributed by atoms with Crippen molar-refractivity contribution in [3.63, 3.8) is 0 Å². The molecule has 0 unspecified atom stereocenters. The maximum absolute atomic E-state index is 7.03. The molecule has 1 heterocycles. The minimum absolute atomic E-state index is 0.905. The minimum atomic E-state index is 0.905. The summed E-state index contributed by atoms with van der Waals surface area (Å²) in [6.45, 7) is 0. The second-order valence-electron chi connectivity index (χ2n) is 16.4. The molecule has 0 aliphatic carbocycles. The fraction of sp³-hybridized carbons (Fsp3) is 0. The summed E-state index contributed by atoms with van der Waals surface area (Å²) in [7, 11) is 0. The van der Waals surface area contributed by atoms with Crippen LogP contribution in [0.1, 0.15) is 0 Å². The van der Waals surface area contributed by atoms with Gasteiger partial charge in [0.2, 0.25) is 0 Å². The Morgan fingerprint density at radius 1 is 0.234 bits per heavy atom. The smallest absolute Gasteiger partial charge is 0.143 e. The third-order valence-corrected chi connectivity index (χ3v) is 12.7. The Balaban J connectivity index is 0.928. The fourth-order valence-electron chi connectivity index (χ4n) is 9.48. The average molecular weight is 816 g/mol. The quantitative estimate of drug-likeness (QED) is 0.142. The number of rotatable bonds is 8. The molecule has 0 amide bonds. The van der Waals surface area contributed by atoms with Crippen molar-refractivity contribution in [1.29, 1.82) is 0 Å². The number of hydrogen-bond donors (Lipinski definition) is 0. The van der Waals surface area contributed by atoms with Gasteiger partial charge in [-0.2, -0.15) is 0 Å². The summed E-state index contributed by atoms with van der Waals surface area (Å²) in [4.78, 5) is 2.33. The Hall–Kier alpha value is -8.46. The van der Waals surface area contributed by atoms with Crippen molar-refractivity contribution in [1.82, 2.24) is 0 Å². The van der Waals surface area contributed by atoms with Crippen molar-refractivity contribution in [2.45, 2.75) is 0 Å². The molecule has 0 N–H and O–H groups in total. The lowest BCUT2D eigenvalue weighted by molar-refractivity contribution is 0.674. The van der Waals surface area contributed by atoms with Crippen LogP contribution in [-0.2, 0) is 0 Å². The van der Waals surface area contributed by atoms with Gasteiger partial charge >= 0.3 is 0 Å². The molecule has 0 fully saturated rings. The van der Waals surface area contributed by atoms with E-state index in [-0.39, 0.29) is 0 Å². The largest absolute Gasteiger partial charge is 0.455 e. The molecule has 12 aromatic rings. The van der Waals surface area contributed by atoms with Crippen LogP contribution < -0.4 is 4.90 Å². The monoisotopic (exact) mass is 815 g/mol. The van der Waals surface area contributed by atoms with E-state index in [1.54, 1.807) is 0 Å². The first kappa shape index (κ1) is 37.3. The Kier molecular flexibility index (Phi) is 9.20. The Labute approximate surface area is 372 Å².